The number of carbonyl (C=O) groups excluding carboxylic acids is 1. The van der Waals surface area contributed by atoms with Crippen LogP contribution in [-0.2, 0) is 0 Å². The Bertz CT molecular complexity index is 879. The molecule has 0 bridgehead atoms. The van der Waals surface area contributed by atoms with Crippen LogP contribution in [0.1, 0.15) is 10.5 Å². The standard InChI is InChI=1S/C17H11Cl3N4O/c18-10-4-6-11(7-5-10)23-17(25)14-8-22-15(9-21-14)24-16-12(19)2-1-3-13(16)20/h1-9H,(H,22,24)(H,23,25). The summed E-state index contributed by atoms with van der Waals surface area (Å²) in [6.45, 7) is 0. The van der Waals surface area contributed by atoms with Gasteiger partial charge in [0.25, 0.3) is 5.91 Å². The van der Waals surface area contributed by atoms with Crippen molar-refractivity contribution in [1.82, 2.24) is 9.97 Å². The monoisotopic (exact) mass is 392 g/mol. The third-order valence-electron chi connectivity index (χ3n) is 3.20. The fourth-order valence-electron chi connectivity index (χ4n) is 1.98. The Kier molecular flexibility index (Phi) is 5.38. The van der Waals surface area contributed by atoms with Crippen molar-refractivity contribution in [2.75, 3.05) is 10.6 Å². The highest BCUT2D eigenvalue weighted by Crippen LogP contribution is 2.31. The number of anilines is 3. The zero-order valence-electron chi connectivity index (χ0n) is 12.6. The molecule has 2 aromatic carbocycles. The minimum atomic E-state index is -0.378. The van der Waals surface area contributed by atoms with E-state index in [4.69, 9.17) is 34.8 Å². The summed E-state index contributed by atoms with van der Waals surface area (Å²) >= 11 is 18.0. The first-order valence-electron chi connectivity index (χ1n) is 7.13. The first-order chi connectivity index (χ1) is 12.0. The highest BCUT2D eigenvalue weighted by Gasteiger charge is 2.10. The summed E-state index contributed by atoms with van der Waals surface area (Å²) in [6, 6.07) is 11.9. The van der Waals surface area contributed by atoms with Crippen molar-refractivity contribution < 1.29 is 4.79 Å². The molecule has 0 aliphatic heterocycles. The van der Waals surface area contributed by atoms with E-state index in [1.54, 1.807) is 42.5 Å². The molecule has 5 nitrogen and oxygen atoms in total. The van der Waals surface area contributed by atoms with Crippen molar-refractivity contribution in [3.05, 3.63) is 75.6 Å². The van der Waals surface area contributed by atoms with E-state index in [0.29, 0.717) is 32.3 Å². The Morgan fingerprint density at radius 2 is 1.56 bits per heavy atom. The molecule has 25 heavy (non-hydrogen) atoms. The van der Waals surface area contributed by atoms with Gasteiger partial charge in [0, 0.05) is 10.7 Å². The average molecular weight is 394 g/mol. The first kappa shape index (κ1) is 17.5. The Hall–Kier alpha value is -2.34. The number of hydrogen-bond donors (Lipinski definition) is 2. The van der Waals surface area contributed by atoms with Gasteiger partial charge in [-0.15, -0.1) is 0 Å². The Balaban J connectivity index is 1.71. The third-order valence-corrected chi connectivity index (χ3v) is 4.08. The molecule has 0 radical (unpaired) electrons. The highest BCUT2D eigenvalue weighted by atomic mass is 35.5. The smallest absolute Gasteiger partial charge is 0.275 e. The van der Waals surface area contributed by atoms with Gasteiger partial charge in [-0.05, 0) is 36.4 Å². The van der Waals surface area contributed by atoms with Gasteiger partial charge in [0.1, 0.15) is 11.5 Å². The molecule has 0 atom stereocenters. The molecule has 0 saturated heterocycles. The van der Waals surface area contributed by atoms with E-state index in [1.807, 2.05) is 0 Å². The second-order valence-corrected chi connectivity index (χ2v) is 6.22. The van der Waals surface area contributed by atoms with Gasteiger partial charge in [-0.2, -0.15) is 0 Å². The minimum absolute atomic E-state index is 0.172. The molecule has 0 aliphatic rings. The molecule has 2 N–H and O–H groups in total. The van der Waals surface area contributed by atoms with Crippen LogP contribution < -0.4 is 10.6 Å². The summed E-state index contributed by atoms with van der Waals surface area (Å²) in [4.78, 5) is 20.4. The largest absolute Gasteiger partial charge is 0.337 e. The summed E-state index contributed by atoms with van der Waals surface area (Å²) in [5.41, 5.74) is 1.31. The summed E-state index contributed by atoms with van der Waals surface area (Å²) in [7, 11) is 0. The molecule has 0 aliphatic carbocycles. The van der Waals surface area contributed by atoms with Crippen molar-refractivity contribution in [1.29, 1.82) is 0 Å². The van der Waals surface area contributed by atoms with E-state index in [2.05, 4.69) is 20.6 Å². The number of rotatable bonds is 4. The fourth-order valence-corrected chi connectivity index (χ4v) is 2.60. The van der Waals surface area contributed by atoms with E-state index in [-0.39, 0.29) is 11.6 Å². The maximum atomic E-state index is 12.2. The van der Waals surface area contributed by atoms with Crippen molar-refractivity contribution in [3.63, 3.8) is 0 Å². The average Bonchev–Trinajstić information content (AvgIpc) is 2.61. The number of halogens is 3. The van der Waals surface area contributed by atoms with Crippen LogP contribution in [0.2, 0.25) is 15.1 Å². The number of nitrogens with zero attached hydrogens (tertiary/aromatic N) is 2. The Labute approximate surface area is 159 Å². The van der Waals surface area contributed by atoms with E-state index in [9.17, 15) is 4.79 Å². The van der Waals surface area contributed by atoms with Crippen LogP contribution in [0.15, 0.2) is 54.9 Å². The number of aromatic nitrogens is 2. The van der Waals surface area contributed by atoms with E-state index in [1.165, 1.54) is 12.4 Å². The first-order valence-corrected chi connectivity index (χ1v) is 8.26. The summed E-state index contributed by atoms with van der Waals surface area (Å²) < 4.78 is 0. The molecular weight excluding hydrogens is 383 g/mol. The summed E-state index contributed by atoms with van der Waals surface area (Å²) in [5, 5.41) is 7.19. The van der Waals surface area contributed by atoms with Crippen LogP contribution in [-0.4, -0.2) is 15.9 Å². The number of para-hydroxylation sites is 1. The molecular formula is C17H11Cl3N4O. The van der Waals surface area contributed by atoms with Crippen LogP contribution in [0.4, 0.5) is 17.2 Å². The van der Waals surface area contributed by atoms with Crippen molar-refractivity contribution >= 4 is 57.9 Å². The molecule has 8 heteroatoms. The number of amides is 1. The van der Waals surface area contributed by atoms with Gasteiger partial charge in [0.05, 0.1) is 28.1 Å². The molecule has 3 rings (SSSR count). The van der Waals surface area contributed by atoms with Gasteiger partial charge >= 0.3 is 0 Å². The van der Waals surface area contributed by atoms with Crippen molar-refractivity contribution in [3.8, 4) is 0 Å². The lowest BCUT2D eigenvalue weighted by atomic mass is 10.3. The zero-order chi connectivity index (χ0) is 17.8. The van der Waals surface area contributed by atoms with Gasteiger partial charge < -0.3 is 10.6 Å². The van der Waals surface area contributed by atoms with Crippen LogP contribution in [0.5, 0.6) is 0 Å². The molecule has 0 unspecified atom stereocenters. The maximum absolute atomic E-state index is 12.2. The van der Waals surface area contributed by atoms with Crippen LogP contribution in [0, 0.1) is 0 Å². The maximum Gasteiger partial charge on any atom is 0.275 e. The SMILES string of the molecule is O=C(Nc1ccc(Cl)cc1)c1cnc(Nc2c(Cl)cccc2Cl)cn1. The number of benzene rings is 2. The van der Waals surface area contributed by atoms with Gasteiger partial charge in [0.15, 0.2) is 0 Å². The Morgan fingerprint density at radius 1 is 0.880 bits per heavy atom. The number of hydrogen-bond acceptors (Lipinski definition) is 4. The molecule has 126 valence electrons. The number of nitrogens with one attached hydrogen (secondary N) is 2. The van der Waals surface area contributed by atoms with Crippen molar-refractivity contribution in [2.24, 2.45) is 0 Å². The third kappa shape index (κ3) is 4.39. The summed E-state index contributed by atoms with van der Waals surface area (Å²) in [6.07, 6.45) is 2.79. The quantitative estimate of drug-likeness (QED) is 0.620. The van der Waals surface area contributed by atoms with Crippen LogP contribution >= 0.6 is 34.8 Å². The molecule has 0 spiro atoms. The second-order valence-electron chi connectivity index (χ2n) is 4.97. The number of carbonyl (C=O) groups is 1. The Morgan fingerprint density at radius 3 is 2.16 bits per heavy atom. The topological polar surface area (TPSA) is 66.9 Å². The molecule has 1 amide bonds. The second kappa shape index (κ2) is 7.70. The lowest BCUT2D eigenvalue weighted by Gasteiger charge is -2.09. The molecule has 1 heterocycles. The van der Waals surface area contributed by atoms with Gasteiger partial charge in [0.2, 0.25) is 0 Å². The molecule has 3 aromatic rings. The van der Waals surface area contributed by atoms with Gasteiger partial charge in [-0.3, -0.25) is 4.79 Å². The van der Waals surface area contributed by atoms with Crippen LogP contribution in [0.25, 0.3) is 0 Å². The lowest BCUT2D eigenvalue weighted by molar-refractivity contribution is 0.102. The van der Waals surface area contributed by atoms with Gasteiger partial charge in [-0.25, -0.2) is 9.97 Å². The molecule has 1 aromatic heterocycles. The summed E-state index contributed by atoms with van der Waals surface area (Å²) in [5.74, 6) is 0.0372. The zero-order valence-corrected chi connectivity index (χ0v) is 14.9. The fraction of sp³-hybridized carbons (Fsp3) is 0. The van der Waals surface area contributed by atoms with Crippen LogP contribution in [0.3, 0.4) is 0 Å². The van der Waals surface area contributed by atoms with Gasteiger partial charge in [-0.1, -0.05) is 40.9 Å². The normalized spacial score (nSPS) is 10.4. The highest BCUT2D eigenvalue weighted by molar-refractivity contribution is 6.39. The predicted octanol–water partition coefficient (Wildman–Crippen LogP) is 5.43. The minimum Gasteiger partial charge on any atom is -0.337 e. The molecule has 0 saturated carbocycles. The lowest BCUT2D eigenvalue weighted by Crippen LogP contribution is -2.14. The van der Waals surface area contributed by atoms with E-state index < -0.39 is 0 Å². The van der Waals surface area contributed by atoms with E-state index >= 15 is 0 Å². The molecule has 0 fully saturated rings. The predicted molar refractivity (Wildman–Crippen MR) is 101 cm³/mol. The van der Waals surface area contributed by atoms with E-state index in [0.717, 1.165) is 0 Å². The van der Waals surface area contributed by atoms with Crippen molar-refractivity contribution in [2.45, 2.75) is 0 Å².